The summed E-state index contributed by atoms with van der Waals surface area (Å²) in [5.74, 6) is 1.06. The summed E-state index contributed by atoms with van der Waals surface area (Å²) in [4.78, 5) is 2.55. The van der Waals surface area contributed by atoms with E-state index in [0.29, 0.717) is 17.7 Å². The van der Waals surface area contributed by atoms with Gasteiger partial charge in [-0.05, 0) is 46.8 Å². The van der Waals surface area contributed by atoms with E-state index in [1.807, 2.05) is 12.1 Å². The SMILES string of the molecule is Cl.Cl.Oc1c(Br)ccc(Br)c1[C@@H](C1CCCC1)N1CCNCC1. The van der Waals surface area contributed by atoms with Gasteiger partial charge in [0.15, 0.2) is 0 Å². The number of aromatic hydroxyl groups is 1. The fraction of sp³-hybridized carbons (Fsp3) is 0.625. The molecule has 1 aromatic carbocycles. The van der Waals surface area contributed by atoms with Crippen molar-refractivity contribution in [3.63, 3.8) is 0 Å². The maximum absolute atomic E-state index is 10.6. The van der Waals surface area contributed by atoms with Gasteiger partial charge in [0.2, 0.25) is 0 Å². The van der Waals surface area contributed by atoms with Crippen LogP contribution in [0, 0.1) is 5.92 Å². The van der Waals surface area contributed by atoms with E-state index in [4.69, 9.17) is 0 Å². The van der Waals surface area contributed by atoms with E-state index < -0.39 is 0 Å². The number of phenolic OH excluding ortho intramolecular Hbond substituents is 1. The second-order valence-electron chi connectivity index (χ2n) is 6.07. The molecule has 3 rings (SSSR count). The van der Waals surface area contributed by atoms with Gasteiger partial charge in [-0.15, -0.1) is 24.8 Å². The quantitative estimate of drug-likeness (QED) is 0.632. The molecule has 0 aromatic heterocycles. The van der Waals surface area contributed by atoms with Gasteiger partial charge in [-0.1, -0.05) is 28.8 Å². The minimum Gasteiger partial charge on any atom is -0.506 e. The van der Waals surface area contributed by atoms with E-state index in [2.05, 4.69) is 42.1 Å². The molecule has 2 N–H and O–H groups in total. The topological polar surface area (TPSA) is 35.5 Å². The third-order valence-corrected chi connectivity index (χ3v) is 6.13. The standard InChI is InChI=1S/C16H22Br2N2O.2ClH/c17-12-5-6-13(18)16(21)14(12)15(11-3-1-2-4-11)20-9-7-19-8-10-20;;/h5-6,11,15,19,21H,1-4,7-10H2;2*1H/t15-;;/m1../s1. The average Bonchev–Trinajstić information content (AvgIpc) is 3.02. The first-order valence-corrected chi connectivity index (χ1v) is 9.38. The number of hydrogen-bond acceptors (Lipinski definition) is 3. The van der Waals surface area contributed by atoms with Crippen molar-refractivity contribution in [2.24, 2.45) is 5.92 Å². The van der Waals surface area contributed by atoms with Gasteiger partial charge in [-0.25, -0.2) is 0 Å². The number of nitrogens with one attached hydrogen (secondary N) is 1. The van der Waals surface area contributed by atoms with Gasteiger partial charge in [0.25, 0.3) is 0 Å². The number of hydrogen-bond donors (Lipinski definition) is 2. The first-order valence-electron chi connectivity index (χ1n) is 7.80. The smallest absolute Gasteiger partial charge is 0.135 e. The molecule has 3 nitrogen and oxygen atoms in total. The third kappa shape index (κ3) is 4.77. The highest BCUT2D eigenvalue weighted by Crippen LogP contribution is 2.47. The van der Waals surface area contributed by atoms with Gasteiger partial charge in [0.05, 0.1) is 4.47 Å². The van der Waals surface area contributed by atoms with Crippen LogP contribution < -0.4 is 5.32 Å². The van der Waals surface area contributed by atoms with Crippen molar-refractivity contribution in [1.29, 1.82) is 0 Å². The van der Waals surface area contributed by atoms with Crippen LogP contribution in [0.5, 0.6) is 5.75 Å². The Hall–Kier alpha value is 0.480. The third-order valence-electron chi connectivity index (χ3n) is 4.80. The molecule has 0 amide bonds. The lowest BCUT2D eigenvalue weighted by molar-refractivity contribution is 0.122. The Kier molecular flexibility index (Phi) is 9.20. The maximum atomic E-state index is 10.6. The van der Waals surface area contributed by atoms with Crippen molar-refractivity contribution in [2.45, 2.75) is 31.7 Å². The number of nitrogens with zero attached hydrogens (tertiary/aromatic N) is 1. The Morgan fingerprint density at radius 2 is 1.61 bits per heavy atom. The van der Waals surface area contributed by atoms with Gasteiger partial charge in [-0.2, -0.15) is 0 Å². The molecular formula is C16H24Br2Cl2N2O. The molecule has 1 saturated heterocycles. The number of phenols is 1. The van der Waals surface area contributed by atoms with Crippen molar-refractivity contribution in [3.8, 4) is 5.75 Å². The zero-order chi connectivity index (χ0) is 14.8. The number of benzene rings is 1. The molecule has 1 aromatic rings. The van der Waals surface area contributed by atoms with Crippen LogP contribution in [0.2, 0.25) is 0 Å². The van der Waals surface area contributed by atoms with Gasteiger partial charge in [-0.3, -0.25) is 4.90 Å². The molecule has 0 unspecified atom stereocenters. The van der Waals surface area contributed by atoms with Crippen LogP contribution in [-0.4, -0.2) is 36.2 Å². The fourth-order valence-corrected chi connectivity index (χ4v) is 4.69. The molecule has 0 spiro atoms. The zero-order valence-corrected chi connectivity index (χ0v) is 17.7. The van der Waals surface area contributed by atoms with Gasteiger partial charge < -0.3 is 10.4 Å². The fourth-order valence-electron chi connectivity index (χ4n) is 3.79. The summed E-state index contributed by atoms with van der Waals surface area (Å²) in [5, 5.41) is 14.0. The molecule has 7 heteroatoms. The van der Waals surface area contributed by atoms with Gasteiger partial charge >= 0.3 is 0 Å². The Morgan fingerprint density at radius 3 is 2.22 bits per heavy atom. The molecule has 1 aliphatic carbocycles. The summed E-state index contributed by atoms with van der Waals surface area (Å²) in [7, 11) is 0. The molecule has 1 saturated carbocycles. The predicted octanol–water partition coefficient (Wildman–Crippen LogP) is 4.90. The van der Waals surface area contributed by atoms with E-state index in [-0.39, 0.29) is 24.8 Å². The predicted molar refractivity (Wildman–Crippen MR) is 107 cm³/mol. The first kappa shape index (κ1) is 21.5. The van der Waals surface area contributed by atoms with Crippen LogP contribution in [0.1, 0.15) is 37.3 Å². The molecule has 1 aliphatic heterocycles. The second-order valence-corrected chi connectivity index (χ2v) is 7.78. The Labute approximate surface area is 167 Å². The Balaban J connectivity index is 0.00000132. The zero-order valence-electron chi connectivity index (χ0n) is 12.9. The monoisotopic (exact) mass is 488 g/mol. The van der Waals surface area contributed by atoms with Gasteiger partial charge in [0.1, 0.15) is 5.75 Å². The summed E-state index contributed by atoms with van der Waals surface area (Å²) in [5.41, 5.74) is 1.07. The molecule has 1 atom stereocenters. The molecule has 1 heterocycles. The Morgan fingerprint density at radius 1 is 1.04 bits per heavy atom. The van der Waals surface area contributed by atoms with Crippen molar-refractivity contribution in [1.82, 2.24) is 10.2 Å². The van der Waals surface area contributed by atoms with Crippen molar-refractivity contribution < 1.29 is 5.11 Å². The van der Waals surface area contributed by atoms with E-state index in [0.717, 1.165) is 40.7 Å². The molecular weight excluding hydrogens is 467 g/mol. The van der Waals surface area contributed by atoms with Crippen LogP contribution in [-0.2, 0) is 0 Å². The molecule has 0 bridgehead atoms. The minimum absolute atomic E-state index is 0. The van der Waals surface area contributed by atoms with E-state index >= 15 is 0 Å². The lowest BCUT2D eigenvalue weighted by atomic mass is 9.89. The summed E-state index contributed by atoms with van der Waals surface area (Å²) in [6, 6.07) is 4.27. The highest BCUT2D eigenvalue weighted by molar-refractivity contribution is 9.11. The summed E-state index contributed by atoms with van der Waals surface area (Å²) in [6.45, 7) is 4.18. The normalized spacial score (nSPS) is 20.6. The van der Waals surface area contributed by atoms with Gasteiger partial charge in [0, 0.05) is 42.3 Å². The second kappa shape index (κ2) is 9.83. The summed E-state index contributed by atoms with van der Waals surface area (Å²) in [6.07, 6.45) is 5.18. The van der Waals surface area contributed by atoms with Crippen LogP contribution in [0.3, 0.4) is 0 Å². The maximum Gasteiger partial charge on any atom is 0.135 e. The van der Waals surface area contributed by atoms with Crippen LogP contribution >= 0.6 is 56.7 Å². The van der Waals surface area contributed by atoms with E-state index in [1.54, 1.807) is 0 Å². The first-order chi connectivity index (χ1) is 10.2. The number of rotatable bonds is 3. The van der Waals surface area contributed by atoms with Crippen molar-refractivity contribution in [2.75, 3.05) is 26.2 Å². The van der Waals surface area contributed by atoms with E-state index in [1.165, 1.54) is 25.7 Å². The molecule has 2 aliphatic rings. The average molecular weight is 491 g/mol. The molecule has 23 heavy (non-hydrogen) atoms. The largest absolute Gasteiger partial charge is 0.506 e. The van der Waals surface area contributed by atoms with Crippen LogP contribution in [0.4, 0.5) is 0 Å². The van der Waals surface area contributed by atoms with Crippen molar-refractivity contribution >= 4 is 56.7 Å². The summed E-state index contributed by atoms with van der Waals surface area (Å²) < 4.78 is 1.82. The highest BCUT2D eigenvalue weighted by Gasteiger charge is 2.35. The summed E-state index contributed by atoms with van der Waals surface area (Å²) >= 11 is 7.15. The number of halogens is 4. The molecule has 132 valence electrons. The molecule has 0 radical (unpaired) electrons. The minimum atomic E-state index is 0. The lowest BCUT2D eigenvalue weighted by Gasteiger charge is -2.39. The number of piperazine rings is 1. The van der Waals surface area contributed by atoms with Crippen LogP contribution in [0.25, 0.3) is 0 Å². The Bertz CT molecular complexity index is 507. The lowest BCUT2D eigenvalue weighted by Crippen LogP contribution is -2.46. The van der Waals surface area contributed by atoms with Crippen molar-refractivity contribution in [3.05, 3.63) is 26.6 Å². The molecule has 2 fully saturated rings. The van der Waals surface area contributed by atoms with E-state index in [9.17, 15) is 5.11 Å². The van der Waals surface area contributed by atoms with Crippen LogP contribution in [0.15, 0.2) is 21.1 Å². The highest BCUT2D eigenvalue weighted by atomic mass is 79.9.